The smallest absolute Gasteiger partial charge is 0.151 e. The Hall–Kier alpha value is -2.72. The highest BCUT2D eigenvalue weighted by atomic mass is 16.5. The molecule has 4 nitrogen and oxygen atoms in total. The molecule has 2 aromatic carbocycles. The lowest BCUT2D eigenvalue weighted by molar-refractivity contribution is -0.111. The Labute approximate surface area is 135 Å². The topological polar surface area (TPSA) is 48.2 Å². The Morgan fingerprint density at radius 1 is 0.957 bits per heavy atom. The van der Waals surface area contributed by atoms with E-state index in [0.717, 1.165) is 28.1 Å². The minimum Gasteiger partial charge on any atom is -0.286 e. The zero-order chi connectivity index (χ0) is 16.0. The minimum absolute atomic E-state index is 0.704. The van der Waals surface area contributed by atoms with E-state index in [1.807, 2.05) is 74.7 Å². The molecule has 1 N–H and O–H groups in total. The molecule has 0 amide bonds. The van der Waals surface area contributed by atoms with Crippen molar-refractivity contribution in [2.24, 2.45) is 9.98 Å². The summed E-state index contributed by atoms with van der Waals surface area (Å²) >= 11 is 0. The van der Waals surface area contributed by atoms with E-state index < -0.39 is 5.66 Å². The molecule has 0 radical (unpaired) electrons. The molecule has 0 saturated carbocycles. The fraction of sp³-hybridized carbons (Fsp3) is 0.158. The van der Waals surface area contributed by atoms with Crippen molar-refractivity contribution < 1.29 is 5.21 Å². The van der Waals surface area contributed by atoms with E-state index in [9.17, 15) is 5.21 Å². The van der Waals surface area contributed by atoms with Crippen LogP contribution in [0.1, 0.15) is 25.0 Å². The first-order valence-electron chi connectivity index (χ1n) is 7.60. The van der Waals surface area contributed by atoms with E-state index in [1.54, 1.807) is 0 Å². The van der Waals surface area contributed by atoms with Crippen molar-refractivity contribution in [1.29, 1.82) is 0 Å². The quantitative estimate of drug-likeness (QED) is 0.864. The Bertz CT molecular complexity index is 863. The lowest BCUT2D eigenvalue weighted by Gasteiger charge is -2.26. The van der Waals surface area contributed by atoms with E-state index in [-0.39, 0.29) is 0 Å². The van der Waals surface area contributed by atoms with E-state index in [1.165, 1.54) is 5.06 Å². The second-order valence-electron chi connectivity index (χ2n) is 6.17. The van der Waals surface area contributed by atoms with E-state index in [2.05, 4.69) is 4.99 Å². The number of allylic oxidation sites excluding steroid dienone is 2. The monoisotopic (exact) mass is 303 g/mol. The van der Waals surface area contributed by atoms with Crippen molar-refractivity contribution in [3.8, 4) is 0 Å². The zero-order valence-corrected chi connectivity index (χ0v) is 13.1. The van der Waals surface area contributed by atoms with Gasteiger partial charge >= 0.3 is 0 Å². The first kappa shape index (κ1) is 13.9. The molecule has 114 valence electrons. The second-order valence-corrected chi connectivity index (χ2v) is 6.17. The highest BCUT2D eigenvalue weighted by molar-refractivity contribution is 6.28. The van der Waals surface area contributed by atoms with Gasteiger partial charge in [0.05, 0.1) is 11.4 Å². The van der Waals surface area contributed by atoms with Crippen LogP contribution >= 0.6 is 0 Å². The molecule has 0 aliphatic carbocycles. The lowest BCUT2D eigenvalue weighted by atomic mass is 9.99. The molecule has 0 spiro atoms. The number of nitrogens with zero attached hydrogens (tertiary/aromatic N) is 3. The summed E-state index contributed by atoms with van der Waals surface area (Å²) in [5.74, 6) is 0. The van der Waals surface area contributed by atoms with Crippen LogP contribution in [0.4, 0.5) is 5.69 Å². The van der Waals surface area contributed by atoms with Crippen molar-refractivity contribution >= 4 is 23.2 Å². The maximum absolute atomic E-state index is 10.7. The summed E-state index contributed by atoms with van der Waals surface area (Å²) in [6.45, 7) is 3.78. The molecule has 23 heavy (non-hydrogen) atoms. The van der Waals surface area contributed by atoms with Gasteiger partial charge in [-0.3, -0.25) is 15.2 Å². The molecule has 0 unspecified atom stereocenters. The van der Waals surface area contributed by atoms with Gasteiger partial charge in [-0.05, 0) is 19.9 Å². The summed E-state index contributed by atoms with van der Waals surface area (Å²) in [7, 11) is 0. The maximum Gasteiger partial charge on any atom is 0.151 e. The number of hydrogen-bond acceptors (Lipinski definition) is 4. The van der Waals surface area contributed by atoms with Gasteiger partial charge in [-0.15, -0.1) is 0 Å². The Balaban J connectivity index is 1.96. The molecule has 0 aromatic heterocycles. The van der Waals surface area contributed by atoms with Crippen LogP contribution < -0.4 is 0 Å². The molecule has 2 heterocycles. The molecular formula is C19H17N3O. The zero-order valence-electron chi connectivity index (χ0n) is 13.1. The van der Waals surface area contributed by atoms with Crippen molar-refractivity contribution in [1.82, 2.24) is 5.06 Å². The fourth-order valence-corrected chi connectivity index (χ4v) is 2.99. The third kappa shape index (κ3) is 2.11. The van der Waals surface area contributed by atoms with Gasteiger partial charge in [0, 0.05) is 22.9 Å². The van der Waals surface area contributed by atoms with Gasteiger partial charge in [0.2, 0.25) is 0 Å². The van der Waals surface area contributed by atoms with E-state index >= 15 is 0 Å². The number of aliphatic imine (C=N–C) groups is 2. The van der Waals surface area contributed by atoms with Gasteiger partial charge in [-0.25, -0.2) is 5.06 Å². The van der Waals surface area contributed by atoms with Crippen LogP contribution in [0, 0.1) is 0 Å². The van der Waals surface area contributed by atoms with Crippen LogP contribution in [-0.2, 0) is 0 Å². The van der Waals surface area contributed by atoms with Crippen LogP contribution in [0.3, 0.4) is 0 Å². The van der Waals surface area contributed by atoms with Gasteiger partial charge in [0.1, 0.15) is 5.70 Å². The second kappa shape index (κ2) is 4.89. The van der Waals surface area contributed by atoms with Crippen molar-refractivity contribution in [3.05, 3.63) is 71.4 Å². The summed E-state index contributed by atoms with van der Waals surface area (Å²) in [4.78, 5) is 9.20. The van der Waals surface area contributed by atoms with Crippen molar-refractivity contribution in [2.75, 3.05) is 0 Å². The predicted octanol–water partition coefficient (Wildman–Crippen LogP) is 4.04. The molecule has 2 aliphatic rings. The minimum atomic E-state index is -0.709. The number of hydrogen-bond donors (Lipinski definition) is 1. The van der Waals surface area contributed by atoms with Gasteiger partial charge in [-0.1, -0.05) is 48.5 Å². The van der Waals surface area contributed by atoms with Crippen LogP contribution in [0.15, 0.2) is 70.3 Å². The summed E-state index contributed by atoms with van der Waals surface area (Å²) in [6, 6.07) is 17.9. The number of para-hydroxylation sites is 1. The summed E-state index contributed by atoms with van der Waals surface area (Å²) in [5, 5.41) is 12.0. The molecule has 2 aromatic rings. The van der Waals surface area contributed by atoms with Crippen LogP contribution in [0.2, 0.25) is 0 Å². The van der Waals surface area contributed by atoms with Crippen LogP contribution in [0.25, 0.3) is 5.57 Å². The van der Waals surface area contributed by atoms with Gasteiger partial charge < -0.3 is 0 Å². The Morgan fingerprint density at radius 2 is 1.65 bits per heavy atom. The lowest BCUT2D eigenvalue weighted by Crippen LogP contribution is -2.35. The Morgan fingerprint density at radius 3 is 2.43 bits per heavy atom. The average molecular weight is 303 g/mol. The van der Waals surface area contributed by atoms with E-state index in [0.29, 0.717) is 5.70 Å². The predicted molar refractivity (Wildman–Crippen MR) is 92.2 cm³/mol. The molecule has 0 fully saturated rings. The van der Waals surface area contributed by atoms with E-state index in [4.69, 9.17) is 4.99 Å². The number of rotatable bonds is 1. The van der Waals surface area contributed by atoms with Gasteiger partial charge in [-0.2, -0.15) is 0 Å². The van der Waals surface area contributed by atoms with Gasteiger partial charge in [0.15, 0.2) is 5.66 Å². The van der Waals surface area contributed by atoms with Crippen molar-refractivity contribution in [2.45, 2.75) is 19.5 Å². The third-order valence-corrected chi connectivity index (χ3v) is 4.17. The number of fused-ring (bicyclic) bond motifs is 1. The normalized spacial score (nSPS) is 21.5. The largest absolute Gasteiger partial charge is 0.286 e. The number of benzene rings is 2. The van der Waals surface area contributed by atoms with Crippen LogP contribution in [-0.4, -0.2) is 27.9 Å². The van der Waals surface area contributed by atoms with Gasteiger partial charge in [0.25, 0.3) is 0 Å². The average Bonchev–Trinajstić information content (AvgIpc) is 3.08. The summed E-state index contributed by atoms with van der Waals surface area (Å²) in [6.07, 6.45) is 1.81. The highest BCUT2D eigenvalue weighted by Gasteiger charge is 2.39. The maximum atomic E-state index is 10.7. The Kier molecular flexibility index (Phi) is 2.96. The standard InChI is InChI=1S/C19H17N3O/c1-19(2)21-17(13-8-4-3-5-9-13)18(22(19)23)15-12-20-16-11-7-6-10-14(15)16/h3-12,23H,1-2H3/b18-15+. The highest BCUT2D eigenvalue weighted by Crippen LogP contribution is 2.39. The summed E-state index contributed by atoms with van der Waals surface area (Å²) in [5.41, 5.74) is 4.60. The first-order chi connectivity index (χ1) is 11.1. The molecule has 0 saturated heterocycles. The van der Waals surface area contributed by atoms with Crippen molar-refractivity contribution in [3.63, 3.8) is 0 Å². The molecule has 0 bridgehead atoms. The molecule has 2 aliphatic heterocycles. The molecule has 4 heteroatoms. The molecule has 4 rings (SSSR count). The summed E-state index contributed by atoms with van der Waals surface area (Å²) < 4.78 is 0. The fourth-order valence-electron chi connectivity index (χ4n) is 2.99. The number of hydroxylamine groups is 2. The first-order valence-corrected chi connectivity index (χ1v) is 7.60. The molecular weight excluding hydrogens is 286 g/mol. The third-order valence-electron chi connectivity index (χ3n) is 4.17. The molecule has 0 atom stereocenters. The SMILES string of the molecule is CC1(C)N=C(c2ccccc2)/C(=C2/C=Nc3ccccc32)N1O. The van der Waals surface area contributed by atoms with Crippen LogP contribution in [0.5, 0.6) is 0 Å².